The molecule has 1 heterocycles. The van der Waals surface area contributed by atoms with E-state index in [1.165, 1.54) is 29.5 Å². The number of hydrogen-bond donors (Lipinski definition) is 3. The number of fused-ring (bicyclic) bond motifs is 3. The fourth-order valence-corrected chi connectivity index (χ4v) is 2.70. The highest BCUT2D eigenvalue weighted by Crippen LogP contribution is 2.30. The maximum Gasteiger partial charge on any atom is 0.267 e. The number of para-hydroxylation sites is 1. The molecule has 1 amide bonds. The van der Waals surface area contributed by atoms with E-state index >= 15 is 0 Å². The number of carbonyl (C=O) groups is 1. The number of carbonyl (C=O) groups excluding carboxylic acids is 1. The molecule has 4 heteroatoms. The average molecular weight is 229 g/mol. The van der Waals surface area contributed by atoms with E-state index in [9.17, 15) is 4.79 Å². The number of nitrogens with two attached hydrogens (primary N) is 1. The lowest BCUT2D eigenvalue weighted by molar-refractivity contribution is 0.0955. The Morgan fingerprint density at radius 2 is 2.12 bits per heavy atom. The van der Waals surface area contributed by atoms with Crippen molar-refractivity contribution in [2.75, 3.05) is 0 Å². The number of aryl methyl sites for hydroxylation is 2. The van der Waals surface area contributed by atoms with Crippen molar-refractivity contribution < 1.29 is 4.79 Å². The molecule has 0 fully saturated rings. The molecule has 2 aromatic rings. The molecule has 17 heavy (non-hydrogen) atoms. The highest BCUT2D eigenvalue weighted by molar-refractivity contribution is 6.06. The molecule has 0 bridgehead atoms. The van der Waals surface area contributed by atoms with Crippen molar-refractivity contribution in [2.45, 2.75) is 25.7 Å². The van der Waals surface area contributed by atoms with E-state index in [4.69, 9.17) is 5.84 Å². The van der Waals surface area contributed by atoms with E-state index in [1.807, 2.05) is 6.07 Å². The van der Waals surface area contributed by atoms with Crippen LogP contribution in [0, 0.1) is 0 Å². The number of aromatic nitrogens is 1. The molecule has 0 radical (unpaired) electrons. The summed E-state index contributed by atoms with van der Waals surface area (Å²) in [4.78, 5) is 15.1. The maximum absolute atomic E-state index is 11.7. The van der Waals surface area contributed by atoms with Crippen molar-refractivity contribution in [1.82, 2.24) is 10.4 Å². The van der Waals surface area contributed by atoms with Gasteiger partial charge in [-0.15, -0.1) is 0 Å². The first-order valence-electron chi connectivity index (χ1n) is 5.94. The van der Waals surface area contributed by atoms with Crippen molar-refractivity contribution in [3.8, 4) is 0 Å². The number of H-pyrrole nitrogens is 1. The molecule has 0 atom stereocenters. The lowest BCUT2D eigenvalue weighted by Crippen LogP contribution is -2.30. The molecule has 0 spiro atoms. The van der Waals surface area contributed by atoms with Gasteiger partial charge in [0.25, 0.3) is 5.91 Å². The molecule has 3 rings (SSSR count). The molecule has 1 aromatic carbocycles. The van der Waals surface area contributed by atoms with Crippen LogP contribution in [0.3, 0.4) is 0 Å². The Morgan fingerprint density at radius 1 is 1.29 bits per heavy atom. The first-order valence-corrected chi connectivity index (χ1v) is 5.94. The summed E-state index contributed by atoms with van der Waals surface area (Å²) in [6.07, 6.45) is 4.63. The van der Waals surface area contributed by atoms with Gasteiger partial charge in [0.1, 0.15) is 0 Å². The standard InChI is InChI=1S/C13H15N3O/c14-16-13(17)10-6-3-5-9-8-4-1-2-7-11(8)15-12(9)10/h3,5-6,15H,1-2,4,7,14H2,(H,16,17). The number of nitrogens with one attached hydrogen (secondary N) is 2. The summed E-state index contributed by atoms with van der Waals surface area (Å²) in [6, 6.07) is 5.78. The predicted molar refractivity (Wildman–Crippen MR) is 66.6 cm³/mol. The topological polar surface area (TPSA) is 70.9 Å². The van der Waals surface area contributed by atoms with Crippen LogP contribution in [0.25, 0.3) is 10.9 Å². The smallest absolute Gasteiger partial charge is 0.267 e. The zero-order chi connectivity index (χ0) is 11.8. The summed E-state index contributed by atoms with van der Waals surface area (Å²) in [5, 5.41) is 1.17. The minimum atomic E-state index is -0.241. The van der Waals surface area contributed by atoms with Crippen LogP contribution in [-0.4, -0.2) is 10.9 Å². The monoisotopic (exact) mass is 229 g/mol. The van der Waals surface area contributed by atoms with Crippen LogP contribution < -0.4 is 11.3 Å². The molecule has 4 N–H and O–H groups in total. The third-order valence-corrected chi connectivity index (χ3v) is 3.51. The van der Waals surface area contributed by atoms with Crippen LogP contribution in [0.5, 0.6) is 0 Å². The maximum atomic E-state index is 11.7. The van der Waals surface area contributed by atoms with Crippen LogP contribution in [0.4, 0.5) is 0 Å². The average Bonchev–Trinajstić information content (AvgIpc) is 2.76. The van der Waals surface area contributed by atoms with Crippen molar-refractivity contribution in [3.05, 3.63) is 35.0 Å². The van der Waals surface area contributed by atoms with Crippen LogP contribution in [0.15, 0.2) is 18.2 Å². The van der Waals surface area contributed by atoms with Gasteiger partial charge in [0.15, 0.2) is 0 Å². The molecular formula is C13H15N3O. The van der Waals surface area contributed by atoms with Gasteiger partial charge in [-0.1, -0.05) is 12.1 Å². The Labute approximate surface area is 99.2 Å². The second kappa shape index (κ2) is 3.89. The predicted octanol–water partition coefficient (Wildman–Crippen LogP) is 1.65. The van der Waals surface area contributed by atoms with E-state index in [2.05, 4.69) is 16.5 Å². The molecule has 0 saturated heterocycles. The minimum absolute atomic E-state index is 0.241. The number of benzene rings is 1. The lowest BCUT2D eigenvalue weighted by Gasteiger charge is -2.10. The zero-order valence-electron chi connectivity index (χ0n) is 9.55. The Morgan fingerprint density at radius 3 is 2.94 bits per heavy atom. The van der Waals surface area contributed by atoms with Crippen LogP contribution in [0.2, 0.25) is 0 Å². The van der Waals surface area contributed by atoms with Gasteiger partial charge in [-0.2, -0.15) is 0 Å². The first-order chi connectivity index (χ1) is 8.31. The normalized spacial score (nSPS) is 14.6. The van der Waals surface area contributed by atoms with E-state index in [-0.39, 0.29) is 5.91 Å². The second-order valence-corrected chi connectivity index (χ2v) is 4.49. The van der Waals surface area contributed by atoms with E-state index < -0.39 is 0 Å². The summed E-state index contributed by atoms with van der Waals surface area (Å²) < 4.78 is 0. The fraction of sp³-hybridized carbons (Fsp3) is 0.308. The Bertz CT molecular complexity index is 586. The molecule has 1 aromatic heterocycles. The van der Waals surface area contributed by atoms with Crippen molar-refractivity contribution in [2.24, 2.45) is 5.84 Å². The quantitative estimate of drug-likeness (QED) is 0.395. The van der Waals surface area contributed by atoms with Crippen LogP contribution in [0.1, 0.15) is 34.5 Å². The van der Waals surface area contributed by atoms with Crippen molar-refractivity contribution in [1.29, 1.82) is 0 Å². The van der Waals surface area contributed by atoms with Gasteiger partial charge < -0.3 is 4.98 Å². The number of nitrogen functional groups attached to an aromatic ring is 1. The fourth-order valence-electron chi connectivity index (χ4n) is 2.70. The number of hydrogen-bond acceptors (Lipinski definition) is 2. The number of amides is 1. The van der Waals surface area contributed by atoms with Crippen molar-refractivity contribution in [3.63, 3.8) is 0 Å². The SMILES string of the molecule is NNC(=O)c1cccc2c3c([nH]c12)CCCC3. The molecular weight excluding hydrogens is 214 g/mol. The largest absolute Gasteiger partial charge is 0.358 e. The van der Waals surface area contributed by atoms with Crippen LogP contribution >= 0.6 is 0 Å². The highest BCUT2D eigenvalue weighted by Gasteiger charge is 2.18. The Kier molecular flexibility index (Phi) is 2.37. The Balaban J connectivity index is 2.26. The minimum Gasteiger partial charge on any atom is -0.358 e. The molecule has 1 aliphatic carbocycles. The van der Waals surface area contributed by atoms with Gasteiger partial charge in [-0.3, -0.25) is 10.2 Å². The van der Waals surface area contributed by atoms with Gasteiger partial charge in [0.2, 0.25) is 0 Å². The zero-order valence-corrected chi connectivity index (χ0v) is 9.55. The summed E-state index contributed by atoms with van der Waals surface area (Å²) >= 11 is 0. The molecule has 88 valence electrons. The van der Waals surface area contributed by atoms with Crippen molar-refractivity contribution >= 4 is 16.8 Å². The van der Waals surface area contributed by atoms with Gasteiger partial charge in [0.05, 0.1) is 11.1 Å². The number of hydrazine groups is 1. The van der Waals surface area contributed by atoms with Gasteiger partial charge in [-0.05, 0) is 37.3 Å². The molecule has 0 unspecified atom stereocenters. The number of rotatable bonds is 1. The highest BCUT2D eigenvalue weighted by atomic mass is 16.2. The molecule has 0 saturated carbocycles. The van der Waals surface area contributed by atoms with Gasteiger partial charge in [0, 0.05) is 11.1 Å². The molecule has 1 aliphatic rings. The summed E-state index contributed by atoms with van der Waals surface area (Å²) in [6.45, 7) is 0. The van der Waals surface area contributed by atoms with E-state index in [0.717, 1.165) is 18.4 Å². The number of aromatic amines is 1. The summed E-state index contributed by atoms with van der Waals surface area (Å²) in [5.41, 5.74) is 6.39. The first kappa shape index (κ1) is 10.4. The van der Waals surface area contributed by atoms with Crippen LogP contribution in [-0.2, 0) is 12.8 Å². The van der Waals surface area contributed by atoms with Gasteiger partial charge >= 0.3 is 0 Å². The third kappa shape index (κ3) is 1.52. The molecule has 4 nitrogen and oxygen atoms in total. The molecule has 0 aliphatic heterocycles. The second-order valence-electron chi connectivity index (χ2n) is 4.49. The lowest BCUT2D eigenvalue weighted by atomic mass is 9.95. The third-order valence-electron chi connectivity index (χ3n) is 3.51. The Hall–Kier alpha value is -1.81. The summed E-state index contributed by atoms with van der Waals surface area (Å²) in [5.74, 6) is 4.96. The van der Waals surface area contributed by atoms with Gasteiger partial charge in [-0.25, -0.2) is 5.84 Å². The van der Waals surface area contributed by atoms with E-state index in [0.29, 0.717) is 5.56 Å². The summed E-state index contributed by atoms with van der Waals surface area (Å²) in [7, 11) is 0. The van der Waals surface area contributed by atoms with E-state index in [1.54, 1.807) is 6.07 Å².